The number of hydrogen-bond acceptors (Lipinski definition) is 5. The topological polar surface area (TPSA) is 89.7 Å². The summed E-state index contributed by atoms with van der Waals surface area (Å²) in [5, 5.41) is 20.3. The molecule has 0 aromatic heterocycles. The molecule has 6 heteroatoms. The molecule has 0 amide bonds. The van der Waals surface area contributed by atoms with Gasteiger partial charge in [-0.3, -0.25) is 10.1 Å². The number of hydrogen-bond donors (Lipinski definition) is 1. The van der Waals surface area contributed by atoms with Crippen LogP contribution in [-0.2, 0) is 4.79 Å². The van der Waals surface area contributed by atoms with Gasteiger partial charge in [0.15, 0.2) is 6.10 Å². The molecule has 102 valence electrons. The van der Waals surface area contributed by atoms with Crippen LogP contribution in [0.15, 0.2) is 54.6 Å². The van der Waals surface area contributed by atoms with E-state index in [-0.39, 0.29) is 11.4 Å². The first-order valence-corrected chi connectivity index (χ1v) is 5.77. The first-order chi connectivity index (χ1) is 9.58. The minimum atomic E-state index is -1.40. The van der Waals surface area contributed by atoms with Crippen molar-refractivity contribution in [2.45, 2.75) is 6.10 Å². The predicted octanol–water partition coefficient (Wildman–Crippen LogP) is 2.23. The fraction of sp³-hybridized carbons (Fsp3) is 0.0714. The van der Waals surface area contributed by atoms with Gasteiger partial charge in [-0.15, -0.1) is 0 Å². The highest BCUT2D eigenvalue weighted by Crippen LogP contribution is 2.20. The van der Waals surface area contributed by atoms with Crippen molar-refractivity contribution in [3.8, 4) is 5.75 Å². The van der Waals surface area contributed by atoms with Crippen LogP contribution >= 0.6 is 0 Å². The zero-order chi connectivity index (χ0) is 14.5. The van der Waals surface area contributed by atoms with Gasteiger partial charge in [0.2, 0.25) is 0 Å². The molecule has 0 radical (unpaired) electrons. The number of nitro benzene ring substituents is 1. The van der Waals surface area contributed by atoms with Gasteiger partial charge >= 0.3 is 5.97 Å². The zero-order valence-electron chi connectivity index (χ0n) is 10.3. The Hall–Kier alpha value is -2.73. The minimum Gasteiger partial charge on any atom is -0.424 e. The van der Waals surface area contributed by atoms with E-state index >= 15 is 0 Å². The predicted molar refractivity (Wildman–Crippen MR) is 70.1 cm³/mol. The van der Waals surface area contributed by atoms with Crippen LogP contribution in [0.25, 0.3) is 0 Å². The quantitative estimate of drug-likeness (QED) is 0.399. The molecule has 1 atom stereocenters. The van der Waals surface area contributed by atoms with Gasteiger partial charge in [0, 0.05) is 12.1 Å². The van der Waals surface area contributed by atoms with Crippen LogP contribution in [0.2, 0.25) is 0 Å². The Labute approximate surface area is 114 Å². The van der Waals surface area contributed by atoms with Crippen LogP contribution in [0.5, 0.6) is 5.75 Å². The number of rotatable bonds is 4. The van der Waals surface area contributed by atoms with Crippen molar-refractivity contribution in [3.05, 3.63) is 70.3 Å². The van der Waals surface area contributed by atoms with Crippen molar-refractivity contribution >= 4 is 11.7 Å². The summed E-state index contributed by atoms with van der Waals surface area (Å²) in [6.45, 7) is 0. The molecule has 2 aromatic rings. The van der Waals surface area contributed by atoms with Gasteiger partial charge < -0.3 is 9.84 Å². The van der Waals surface area contributed by atoms with Gasteiger partial charge in [-0.25, -0.2) is 4.79 Å². The van der Waals surface area contributed by atoms with Crippen LogP contribution in [0.4, 0.5) is 5.69 Å². The number of aliphatic hydroxyl groups excluding tert-OH is 1. The second-order valence-electron chi connectivity index (χ2n) is 3.99. The summed E-state index contributed by atoms with van der Waals surface area (Å²) in [5.74, 6) is -0.708. The van der Waals surface area contributed by atoms with E-state index in [1.165, 1.54) is 24.3 Å². The molecule has 0 aliphatic heterocycles. The molecular weight excluding hydrogens is 262 g/mol. The highest BCUT2D eigenvalue weighted by atomic mass is 16.6. The van der Waals surface area contributed by atoms with Gasteiger partial charge in [0.1, 0.15) is 5.75 Å². The van der Waals surface area contributed by atoms with Crippen molar-refractivity contribution in [3.63, 3.8) is 0 Å². The van der Waals surface area contributed by atoms with Crippen molar-refractivity contribution in [1.29, 1.82) is 0 Å². The molecule has 0 unspecified atom stereocenters. The van der Waals surface area contributed by atoms with Gasteiger partial charge in [-0.05, 0) is 17.7 Å². The number of aliphatic hydroxyl groups is 1. The Balaban J connectivity index is 2.06. The fourth-order valence-corrected chi connectivity index (χ4v) is 1.58. The van der Waals surface area contributed by atoms with E-state index in [2.05, 4.69) is 0 Å². The summed E-state index contributed by atoms with van der Waals surface area (Å²) in [7, 11) is 0. The van der Waals surface area contributed by atoms with Crippen LogP contribution in [-0.4, -0.2) is 16.0 Å². The largest absolute Gasteiger partial charge is 0.424 e. The van der Waals surface area contributed by atoms with Gasteiger partial charge in [-0.2, -0.15) is 0 Å². The molecule has 0 bridgehead atoms. The highest BCUT2D eigenvalue weighted by molar-refractivity contribution is 5.78. The van der Waals surface area contributed by atoms with Crippen molar-refractivity contribution in [2.75, 3.05) is 0 Å². The van der Waals surface area contributed by atoms with Gasteiger partial charge in [-0.1, -0.05) is 30.3 Å². The Kier molecular flexibility index (Phi) is 4.07. The first-order valence-electron chi connectivity index (χ1n) is 5.77. The zero-order valence-corrected chi connectivity index (χ0v) is 10.3. The number of nitro groups is 1. The molecular formula is C14H11NO5. The van der Waals surface area contributed by atoms with Crippen molar-refractivity contribution in [2.24, 2.45) is 0 Å². The number of non-ortho nitro benzene ring substituents is 1. The van der Waals surface area contributed by atoms with E-state index in [0.29, 0.717) is 5.56 Å². The smallest absolute Gasteiger partial charge is 0.345 e. The van der Waals surface area contributed by atoms with Crippen LogP contribution in [0, 0.1) is 10.1 Å². The van der Waals surface area contributed by atoms with Crippen molar-refractivity contribution < 1.29 is 19.6 Å². The molecule has 6 nitrogen and oxygen atoms in total. The second-order valence-corrected chi connectivity index (χ2v) is 3.99. The fourth-order valence-electron chi connectivity index (χ4n) is 1.58. The second kappa shape index (κ2) is 5.94. The molecule has 0 fully saturated rings. The Morgan fingerprint density at radius 1 is 1.10 bits per heavy atom. The molecule has 2 rings (SSSR count). The number of nitrogens with zero attached hydrogens (tertiary/aromatic N) is 1. The van der Waals surface area contributed by atoms with E-state index in [0.717, 1.165) is 0 Å². The molecule has 20 heavy (non-hydrogen) atoms. The molecule has 2 aromatic carbocycles. The van der Waals surface area contributed by atoms with E-state index in [1.807, 2.05) is 0 Å². The third-order valence-electron chi connectivity index (χ3n) is 2.60. The van der Waals surface area contributed by atoms with Crippen molar-refractivity contribution in [1.82, 2.24) is 0 Å². The maximum Gasteiger partial charge on any atom is 0.345 e. The lowest BCUT2D eigenvalue weighted by molar-refractivity contribution is -0.384. The molecule has 0 spiro atoms. The van der Waals surface area contributed by atoms with E-state index in [1.54, 1.807) is 30.3 Å². The van der Waals surface area contributed by atoms with Gasteiger partial charge in [0.05, 0.1) is 4.92 Å². The van der Waals surface area contributed by atoms with Crippen LogP contribution in [0.3, 0.4) is 0 Å². The third-order valence-corrected chi connectivity index (χ3v) is 2.60. The number of esters is 1. The highest BCUT2D eigenvalue weighted by Gasteiger charge is 2.19. The Bertz CT molecular complexity index is 609. The first kappa shape index (κ1) is 13.7. The summed E-state index contributed by atoms with van der Waals surface area (Å²) in [6, 6.07) is 13.4. The maximum absolute atomic E-state index is 11.7. The molecule has 0 aliphatic rings. The lowest BCUT2D eigenvalue weighted by Gasteiger charge is -2.10. The molecule has 0 heterocycles. The Morgan fingerprint density at radius 3 is 2.25 bits per heavy atom. The monoisotopic (exact) mass is 273 g/mol. The molecule has 0 saturated heterocycles. The van der Waals surface area contributed by atoms with Crippen LogP contribution < -0.4 is 4.74 Å². The molecule has 1 N–H and O–H groups in total. The van der Waals surface area contributed by atoms with E-state index < -0.39 is 17.0 Å². The van der Waals surface area contributed by atoms with Crippen LogP contribution in [0.1, 0.15) is 11.7 Å². The maximum atomic E-state index is 11.7. The van der Waals surface area contributed by atoms with Gasteiger partial charge in [0.25, 0.3) is 5.69 Å². The average molecular weight is 273 g/mol. The lowest BCUT2D eigenvalue weighted by Crippen LogP contribution is -2.18. The molecule has 0 aliphatic carbocycles. The average Bonchev–Trinajstić information content (AvgIpc) is 2.48. The number of carbonyl (C=O) groups excluding carboxylic acids is 1. The summed E-state index contributed by atoms with van der Waals surface area (Å²) in [6.07, 6.45) is -1.40. The summed E-state index contributed by atoms with van der Waals surface area (Å²) in [5.41, 5.74) is 0.313. The standard InChI is InChI=1S/C14H11NO5/c16-13(10-4-2-1-3-5-10)14(17)20-12-8-6-11(7-9-12)15(18)19/h1-9,13,16H/t13-/m1/s1. The summed E-state index contributed by atoms with van der Waals surface area (Å²) < 4.78 is 4.95. The SMILES string of the molecule is O=C(Oc1ccc([N+](=O)[O-])cc1)[C@H](O)c1ccccc1. The van der Waals surface area contributed by atoms with E-state index in [4.69, 9.17) is 4.74 Å². The summed E-state index contributed by atoms with van der Waals surface area (Å²) >= 11 is 0. The Morgan fingerprint density at radius 2 is 1.70 bits per heavy atom. The molecule has 0 saturated carbocycles. The lowest BCUT2D eigenvalue weighted by atomic mass is 10.1. The number of ether oxygens (including phenoxy) is 1. The summed E-state index contributed by atoms with van der Waals surface area (Å²) in [4.78, 5) is 21.7. The number of carbonyl (C=O) groups is 1. The third kappa shape index (κ3) is 3.18. The normalized spacial score (nSPS) is 11.7. The number of benzene rings is 2. The van der Waals surface area contributed by atoms with E-state index in [9.17, 15) is 20.0 Å². The minimum absolute atomic E-state index is 0.103.